The summed E-state index contributed by atoms with van der Waals surface area (Å²) in [5.41, 5.74) is 1.79. The number of carbonyl (C=O) groups is 2. The minimum Gasteiger partial charge on any atom is -0.481 e. The predicted molar refractivity (Wildman–Crippen MR) is 134 cm³/mol. The summed E-state index contributed by atoms with van der Waals surface area (Å²) in [6.45, 7) is 18.7. The number of hydrogen-bond acceptors (Lipinski definition) is 2. The second-order valence-corrected chi connectivity index (χ2v) is 14.9. The van der Waals surface area contributed by atoms with Crippen LogP contribution in [0.1, 0.15) is 113 Å². The Morgan fingerprint density at radius 1 is 1.06 bits per heavy atom. The number of carboxylic acids is 1. The van der Waals surface area contributed by atoms with Crippen molar-refractivity contribution in [3.63, 3.8) is 0 Å². The van der Waals surface area contributed by atoms with Crippen LogP contribution in [-0.4, -0.2) is 17.4 Å². The molecule has 4 aliphatic carbocycles. The lowest BCUT2D eigenvalue weighted by Crippen LogP contribution is -2.62. The van der Waals surface area contributed by atoms with Gasteiger partial charge in [-0.2, -0.15) is 0 Å². The Morgan fingerprint density at radius 3 is 2.30 bits per heavy atom. The van der Waals surface area contributed by atoms with Crippen molar-refractivity contribution >= 4 is 12.3 Å². The summed E-state index contributed by atoms with van der Waals surface area (Å²) in [4.78, 5) is 24.3. The molecule has 0 aliphatic heterocycles. The molecule has 0 saturated heterocycles. The van der Waals surface area contributed by atoms with E-state index >= 15 is 0 Å². The highest BCUT2D eigenvalue weighted by Crippen LogP contribution is 2.74. The molecule has 7 atom stereocenters. The lowest BCUT2D eigenvalue weighted by atomic mass is 9.35. The molecule has 0 aromatic heterocycles. The standard InChI is InChI=1S/C30H48O3/c1-25(2)13-14-27(5)15-16-29(7)20(21(27)17-25)9-10-23-28(6,18-24(32)33)22(26(3,4)19-31)11-12-30(23,29)8/h9,19,21-23H,10-18H2,1-8H3,(H,32,33)/t21-,22?,23-,27-,28+,29-,30-/m1/s1. The maximum Gasteiger partial charge on any atom is 0.303 e. The quantitative estimate of drug-likeness (QED) is 0.348. The van der Waals surface area contributed by atoms with Gasteiger partial charge in [-0.1, -0.05) is 67.0 Å². The number of allylic oxidation sites excluding steroid dienone is 2. The van der Waals surface area contributed by atoms with Crippen LogP contribution in [0.2, 0.25) is 0 Å². The fourth-order valence-corrected chi connectivity index (χ4v) is 9.76. The van der Waals surface area contributed by atoms with Crippen molar-refractivity contribution in [3.05, 3.63) is 11.6 Å². The highest BCUT2D eigenvalue weighted by Gasteiger charge is 2.66. The summed E-state index contributed by atoms with van der Waals surface area (Å²) in [6.07, 6.45) is 13.2. The highest BCUT2D eigenvalue weighted by molar-refractivity contribution is 5.68. The molecule has 186 valence electrons. The summed E-state index contributed by atoms with van der Waals surface area (Å²) in [6, 6.07) is 0. The molecule has 0 heterocycles. The zero-order valence-corrected chi connectivity index (χ0v) is 22.5. The highest BCUT2D eigenvalue weighted by atomic mass is 16.4. The van der Waals surface area contributed by atoms with Gasteiger partial charge in [0, 0.05) is 5.41 Å². The Balaban J connectivity index is 1.82. The van der Waals surface area contributed by atoms with Crippen LogP contribution < -0.4 is 0 Å². The smallest absolute Gasteiger partial charge is 0.303 e. The molecular weight excluding hydrogens is 408 g/mol. The largest absolute Gasteiger partial charge is 0.481 e. The van der Waals surface area contributed by atoms with E-state index in [0.29, 0.717) is 16.7 Å². The van der Waals surface area contributed by atoms with Crippen LogP contribution in [0, 0.1) is 50.2 Å². The van der Waals surface area contributed by atoms with Gasteiger partial charge in [0.05, 0.1) is 6.42 Å². The zero-order chi connectivity index (χ0) is 24.7. The summed E-state index contributed by atoms with van der Waals surface area (Å²) in [5.74, 6) is 0.303. The molecule has 3 nitrogen and oxygen atoms in total. The Hall–Kier alpha value is -1.12. The molecule has 0 aromatic rings. The van der Waals surface area contributed by atoms with Crippen molar-refractivity contribution in [1.82, 2.24) is 0 Å². The SMILES string of the molecule is CC1(C)CC[C@]2(C)CC[C@]3(C)C(=CC[C@@H]4[C@@](C)(CC(=O)O)C(C(C)(C)C=O)CC[C@]43C)[C@H]2C1. The Labute approximate surface area is 202 Å². The van der Waals surface area contributed by atoms with Crippen LogP contribution >= 0.6 is 0 Å². The van der Waals surface area contributed by atoms with Gasteiger partial charge >= 0.3 is 5.97 Å². The first-order valence-corrected chi connectivity index (χ1v) is 13.4. The van der Waals surface area contributed by atoms with E-state index in [9.17, 15) is 14.7 Å². The normalized spacial score (nSPS) is 46.9. The predicted octanol–water partition coefficient (Wildman–Crippen LogP) is 7.69. The van der Waals surface area contributed by atoms with Gasteiger partial charge in [-0.3, -0.25) is 4.79 Å². The third-order valence-electron chi connectivity index (χ3n) is 12.1. The minimum absolute atomic E-state index is 0.0691. The molecule has 0 bridgehead atoms. The number of carbonyl (C=O) groups excluding carboxylic acids is 1. The van der Waals surface area contributed by atoms with E-state index in [1.54, 1.807) is 5.57 Å². The first-order chi connectivity index (χ1) is 15.0. The van der Waals surface area contributed by atoms with E-state index in [-0.39, 0.29) is 34.5 Å². The third kappa shape index (κ3) is 3.49. The molecule has 0 aromatic carbocycles. The number of rotatable bonds is 4. The van der Waals surface area contributed by atoms with Gasteiger partial charge < -0.3 is 9.90 Å². The van der Waals surface area contributed by atoms with Crippen molar-refractivity contribution in [2.45, 2.75) is 113 Å². The number of aliphatic carboxylic acids is 1. The van der Waals surface area contributed by atoms with Crippen molar-refractivity contribution in [3.8, 4) is 0 Å². The van der Waals surface area contributed by atoms with E-state index < -0.39 is 11.4 Å². The van der Waals surface area contributed by atoms with Crippen LogP contribution in [0.25, 0.3) is 0 Å². The second-order valence-electron chi connectivity index (χ2n) is 14.9. The summed E-state index contributed by atoms with van der Waals surface area (Å²) in [5, 5.41) is 10.0. The molecule has 0 amide bonds. The summed E-state index contributed by atoms with van der Waals surface area (Å²) >= 11 is 0. The van der Waals surface area contributed by atoms with Crippen LogP contribution in [-0.2, 0) is 9.59 Å². The monoisotopic (exact) mass is 456 g/mol. The Bertz CT molecular complexity index is 868. The topological polar surface area (TPSA) is 54.4 Å². The fourth-order valence-electron chi connectivity index (χ4n) is 9.76. The van der Waals surface area contributed by atoms with Gasteiger partial charge in [-0.25, -0.2) is 0 Å². The maximum atomic E-state index is 12.2. The van der Waals surface area contributed by atoms with E-state index in [0.717, 1.165) is 25.5 Å². The lowest BCUT2D eigenvalue weighted by molar-refractivity contribution is -0.176. The molecule has 33 heavy (non-hydrogen) atoms. The van der Waals surface area contributed by atoms with Crippen LogP contribution in [0.4, 0.5) is 0 Å². The van der Waals surface area contributed by atoms with Gasteiger partial charge in [-0.15, -0.1) is 0 Å². The molecule has 3 saturated carbocycles. The molecule has 1 unspecified atom stereocenters. The maximum absolute atomic E-state index is 12.2. The van der Waals surface area contributed by atoms with Gasteiger partial charge in [0.15, 0.2) is 0 Å². The number of aldehydes is 1. The van der Waals surface area contributed by atoms with Crippen molar-refractivity contribution in [2.75, 3.05) is 0 Å². The summed E-state index contributed by atoms with van der Waals surface area (Å²) < 4.78 is 0. The van der Waals surface area contributed by atoms with E-state index in [1.807, 2.05) is 13.8 Å². The van der Waals surface area contributed by atoms with Gasteiger partial charge in [0.25, 0.3) is 0 Å². The van der Waals surface area contributed by atoms with Crippen LogP contribution in [0.15, 0.2) is 11.6 Å². The molecular formula is C30H48O3. The Kier molecular flexibility index (Phi) is 5.63. The van der Waals surface area contributed by atoms with Crippen LogP contribution in [0.5, 0.6) is 0 Å². The lowest BCUT2D eigenvalue weighted by Gasteiger charge is -2.69. The van der Waals surface area contributed by atoms with E-state index in [2.05, 4.69) is 47.6 Å². The number of carboxylic acid groups (broad SMARTS) is 1. The average Bonchev–Trinajstić information content (AvgIpc) is 2.69. The molecule has 4 aliphatic rings. The van der Waals surface area contributed by atoms with Crippen molar-refractivity contribution in [1.29, 1.82) is 0 Å². The molecule has 0 radical (unpaired) electrons. The average molecular weight is 457 g/mol. The van der Waals surface area contributed by atoms with Crippen LogP contribution in [0.3, 0.4) is 0 Å². The Morgan fingerprint density at radius 2 is 1.70 bits per heavy atom. The number of fused-ring (bicyclic) bond motifs is 5. The van der Waals surface area contributed by atoms with E-state index in [1.165, 1.54) is 32.1 Å². The molecule has 3 heteroatoms. The summed E-state index contributed by atoms with van der Waals surface area (Å²) in [7, 11) is 0. The van der Waals surface area contributed by atoms with Crippen molar-refractivity contribution in [2.24, 2.45) is 50.2 Å². The minimum atomic E-state index is -0.723. The first kappa shape index (κ1) is 25.0. The number of hydrogen-bond donors (Lipinski definition) is 1. The molecule has 1 N–H and O–H groups in total. The zero-order valence-electron chi connectivity index (χ0n) is 22.5. The second kappa shape index (κ2) is 7.44. The van der Waals surface area contributed by atoms with Gasteiger partial charge in [0.2, 0.25) is 0 Å². The molecule has 0 spiro atoms. The molecule has 3 fully saturated rings. The van der Waals surface area contributed by atoms with Crippen molar-refractivity contribution < 1.29 is 14.7 Å². The van der Waals surface area contributed by atoms with E-state index in [4.69, 9.17) is 0 Å². The van der Waals surface area contributed by atoms with Gasteiger partial charge in [-0.05, 0) is 96.2 Å². The molecule has 4 rings (SSSR count). The first-order valence-electron chi connectivity index (χ1n) is 13.4. The fraction of sp³-hybridized carbons (Fsp3) is 0.867. The van der Waals surface area contributed by atoms with Gasteiger partial charge in [0.1, 0.15) is 6.29 Å². The third-order valence-corrected chi connectivity index (χ3v) is 12.1.